The number of halogens is 1. The molecule has 0 saturated carbocycles. The van der Waals surface area contributed by atoms with Crippen molar-refractivity contribution in [3.63, 3.8) is 0 Å². The molecule has 1 N–H and O–H groups in total. The molecule has 2 nitrogen and oxygen atoms in total. The molecular formula is C11H11FO2. The molecule has 14 heavy (non-hydrogen) atoms. The van der Waals surface area contributed by atoms with E-state index in [2.05, 4.69) is 0 Å². The van der Waals surface area contributed by atoms with Gasteiger partial charge in [-0.2, -0.15) is 0 Å². The van der Waals surface area contributed by atoms with Gasteiger partial charge in [0.15, 0.2) is 0 Å². The van der Waals surface area contributed by atoms with Gasteiger partial charge in [0.2, 0.25) is 0 Å². The summed E-state index contributed by atoms with van der Waals surface area (Å²) in [6.07, 6.45) is 3.58. The summed E-state index contributed by atoms with van der Waals surface area (Å²) in [7, 11) is 0. The maximum absolute atomic E-state index is 13.1. The summed E-state index contributed by atoms with van der Waals surface area (Å²) in [4.78, 5) is 10.9. The van der Waals surface area contributed by atoms with Gasteiger partial charge in [-0.1, -0.05) is 0 Å². The molecule has 1 aromatic rings. The molecule has 3 heteroatoms. The predicted octanol–water partition coefficient (Wildman–Crippen LogP) is 2.40. The third-order valence-corrected chi connectivity index (χ3v) is 2.66. The van der Waals surface area contributed by atoms with Crippen LogP contribution in [-0.2, 0) is 12.8 Å². The van der Waals surface area contributed by atoms with Crippen LogP contribution in [0.4, 0.5) is 4.39 Å². The van der Waals surface area contributed by atoms with Gasteiger partial charge >= 0.3 is 5.97 Å². The Morgan fingerprint density at radius 3 is 2.71 bits per heavy atom. The molecular weight excluding hydrogens is 183 g/mol. The zero-order valence-electron chi connectivity index (χ0n) is 7.72. The molecule has 0 spiro atoms. The van der Waals surface area contributed by atoms with Gasteiger partial charge in [0.05, 0.1) is 5.56 Å². The highest BCUT2D eigenvalue weighted by atomic mass is 19.1. The summed E-state index contributed by atoms with van der Waals surface area (Å²) in [5.41, 5.74) is 1.83. The average Bonchev–Trinajstić information content (AvgIpc) is 2.16. The van der Waals surface area contributed by atoms with Crippen LogP contribution in [0.5, 0.6) is 0 Å². The number of aryl methyl sites for hydroxylation is 1. The maximum atomic E-state index is 13.1. The second-order valence-electron chi connectivity index (χ2n) is 3.60. The molecule has 1 aromatic carbocycles. The Morgan fingerprint density at radius 2 is 2.00 bits per heavy atom. The first-order chi connectivity index (χ1) is 6.68. The van der Waals surface area contributed by atoms with E-state index in [1.54, 1.807) is 0 Å². The number of hydrogen-bond acceptors (Lipinski definition) is 1. The van der Waals surface area contributed by atoms with E-state index in [9.17, 15) is 9.18 Å². The average molecular weight is 194 g/mol. The number of carboxylic acids is 1. The molecule has 0 aliphatic heterocycles. The van der Waals surface area contributed by atoms with Crippen molar-refractivity contribution in [3.8, 4) is 0 Å². The van der Waals surface area contributed by atoms with Gasteiger partial charge in [-0.25, -0.2) is 9.18 Å². The number of rotatable bonds is 1. The first-order valence-electron chi connectivity index (χ1n) is 4.73. The number of hydrogen-bond donors (Lipinski definition) is 1. The Labute approximate surface area is 81.4 Å². The molecule has 0 bridgehead atoms. The van der Waals surface area contributed by atoms with E-state index < -0.39 is 11.8 Å². The number of carbonyl (C=O) groups is 1. The van der Waals surface area contributed by atoms with Crippen molar-refractivity contribution in [3.05, 3.63) is 34.6 Å². The van der Waals surface area contributed by atoms with Crippen LogP contribution in [0.15, 0.2) is 12.1 Å². The summed E-state index contributed by atoms with van der Waals surface area (Å²) >= 11 is 0. The lowest BCUT2D eigenvalue weighted by molar-refractivity contribution is 0.0694. The topological polar surface area (TPSA) is 37.3 Å². The second kappa shape index (κ2) is 3.40. The first-order valence-corrected chi connectivity index (χ1v) is 4.73. The van der Waals surface area contributed by atoms with Crippen molar-refractivity contribution in [1.82, 2.24) is 0 Å². The zero-order chi connectivity index (χ0) is 10.1. The van der Waals surface area contributed by atoms with Gasteiger partial charge in [-0.05, 0) is 48.9 Å². The van der Waals surface area contributed by atoms with E-state index in [-0.39, 0.29) is 5.56 Å². The lowest BCUT2D eigenvalue weighted by Gasteiger charge is -2.17. The summed E-state index contributed by atoms with van der Waals surface area (Å²) in [5.74, 6) is -1.47. The highest BCUT2D eigenvalue weighted by molar-refractivity contribution is 5.90. The molecule has 1 aliphatic rings. The SMILES string of the molecule is O=C(O)c1cc(F)cc2c1CCCC2. The van der Waals surface area contributed by atoms with Crippen molar-refractivity contribution < 1.29 is 14.3 Å². The van der Waals surface area contributed by atoms with Crippen molar-refractivity contribution in [1.29, 1.82) is 0 Å². The molecule has 0 heterocycles. The molecule has 2 rings (SSSR count). The molecule has 0 aromatic heterocycles. The molecule has 0 unspecified atom stereocenters. The summed E-state index contributed by atoms with van der Waals surface area (Å²) < 4.78 is 13.1. The van der Waals surface area contributed by atoms with Crippen molar-refractivity contribution in [2.75, 3.05) is 0 Å². The van der Waals surface area contributed by atoms with Crippen LogP contribution in [0.3, 0.4) is 0 Å². The zero-order valence-corrected chi connectivity index (χ0v) is 7.72. The smallest absolute Gasteiger partial charge is 0.336 e. The van der Waals surface area contributed by atoms with E-state index in [1.165, 1.54) is 6.07 Å². The maximum Gasteiger partial charge on any atom is 0.336 e. The summed E-state index contributed by atoms with van der Waals surface area (Å²) in [6.45, 7) is 0. The Bertz CT molecular complexity index is 385. The fraction of sp³-hybridized carbons (Fsp3) is 0.364. The number of benzene rings is 1. The van der Waals surface area contributed by atoms with Gasteiger partial charge in [0.1, 0.15) is 5.82 Å². The van der Waals surface area contributed by atoms with E-state index >= 15 is 0 Å². The van der Waals surface area contributed by atoms with Crippen LogP contribution in [0.1, 0.15) is 34.3 Å². The molecule has 74 valence electrons. The second-order valence-corrected chi connectivity index (χ2v) is 3.60. The first kappa shape index (κ1) is 9.19. The predicted molar refractivity (Wildman–Crippen MR) is 50.0 cm³/mol. The van der Waals surface area contributed by atoms with E-state index in [0.29, 0.717) is 0 Å². The van der Waals surface area contributed by atoms with Gasteiger partial charge in [0, 0.05) is 0 Å². The summed E-state index contributed by atoms with van der Waals surface area (Å²) in [5, 5.41) is 8.90. The Kier molecular flexibility index (Phi) is 2.23. The minimum atomic E-state index is -1.03. The third-order valence-electron chi connectivity index (χ3n) is 2.66. The largest absolute Gasteiger partial charge is 0.478 e. The summed E-state index contributed by atoms with van der Waals surface area (Å²) in [6, 6.07) is 2.58. The van der Waals surface area contributed by atoms with Crippen LogP contribution < -0.4 is 0 Å². The van der Waals surface area contributed by atoms with Gasteiger partial charge < -0.3 is 5.11 Å². The standard InChI is InChI=1S/C11H11FO2/c12-8-5-7-3-1-2-4-9(7)10(6-8)11(13)14/h5-6H,1-4H2,(H,13,14). The van der Waals surface area contributed by atoms with Crippen LogP contribution in [0.2, 0.25) is 0 Å². The number of aromatic carboxylic acids is 1. The quantitative estimate of drug-likeness (QED) is 0.745. The van der Waals surface area contributed by atoms with E-state index in [4.69, 9.17) is 5.11 Å². The highest BCUT2D eigenvalue weighted by Gasteiger charge is 2.18. The van der Waals surface area contributed by atoms with Crippen molar-refractivity contribution in [2.45, 2.75) is 25.7 Å². The Morgan fingerprint density at radius 1 is 1.29 bits per heavy atom. The fourth-order valence-corrected chi connectivity index (χ4v) is 2.02. The van der Waals surface area contributed by atoms with Crippen molar-refractivity contribution in [2.24, 2.45) is 0 Å². The molecule has 0 fully saturated rings. The Balaban J connectivity index is 2.58. The van der Waals surface area contributed by atoms with Crippen LogP contribution >= 0.6 is 0 Å². The van der Waals surface area contributed by atoms with E-state index in [0.717, 1.165) is 42.9 Å². The molecule has 0 radical (unpaired) electrons. The monoisotopic (exact) mass is 194 g/mol. The van der Waals surface area contributed by atoms with Crippen LogP contribution in [0, 0.1) is 5.82 Å². The van der Waals surface area contributed by atoms with Gasteiger partial charge in [0.25, 0.3) is 0 Å². The number of carboxylic acid groups (broad SMARTS) is 1. The fourth-order valence-electron chi connectivity index (χ4n) is 2.02. The molecule has 0 amide bonds. The molecule has 1 aliphatic carbocycles. The minimum absolute atomic E-state index is 0.139. The molecule has 0 atom stereocenters. The lowest BCUT2D eigenvalue weighted by Crippen LogP contribution is -2.11. The van der Waals surface area contributed by atoms with Gasteiger partial charge in [-0.15, -0.1) is 0 Å². The highest BCUT2D eigenvalue weighted by Crippen LogP contribution is 2.25. The normalized spacial score (nSPS) is 14.9. The van der Waals surface area contributed by atoms with Gasteiger partial charge in [-0.3, -0.25) is 0 Å². The minimum Gasteiger partial charge on any atom is -0.478 e. The van der Waals surface area contributed by atoms with E-state index in [1.807, 2.05) is 0 Å². The third kappa shape index (κ3) is 1.50. The lowest BCUT2D eigenvalue weighted by atomic mass is 9.88. The molecule has 0 saturated heterocycles. The van der Waals surface area contributed by atoms with Crippen molar-refractivity contribution >= 4 is 5.97 Å². The van der Waals surface area contributed by atoms with Crippen LogP contribution in [-0.4, -0.2) is 11.1 Å². The Hall–Kier alpha value is -1.38. The van der Waals surface area contributed by atoms with Crippen LogP contribution in [0.25, 0.3) is 0 Å². The number of fused-ring (bicyclic) bond motifs is 1.